The normalized spacial score (nSPS) is 23.2. The number of nitrogens with zero attached hydrogens (tertiary/aromatic N) is 3. The van der Waals surface area contributed by atoms with Crippen molar-refractivity contribution in [2.75, 3.05) is 12.4 Å². The van der Waals surface area contributed by atoms with Crippen LogP contribution in [0.4, 0.5) is 11.6 Å². The second-order valence-corrected chi connectivity index (χ2v) is 9.04. The van der Waals surface area contributed by atoms with E-state index in [1.165, 1.54) is 5.56 Å². The molecule has 2 aliphatic carbocycles. The highest BCUT2D eigenvalue weighted by atomic mass is 16.5. The molecule has 0 amide bonds. The number of methoxy groups -OCH3 is 1. The molecule has 0 spiro atoms. The number of ether oxygens (including phenoxy) is 1. The molecule has 0 saturated carbocycles. The van der Waals surface area contributed by atoms with Crippen molar-refractivity contribution < 1.29 is 9.26 Å². The number of fused-ring (bicyclic) bond motifs is 4. The molecular weight excluding hydrogens is 412 g/mol. The number of nitrogens with one attached hydrogen (secondary N) is 1. The van der Waals surface area contributed by atoms with Crippen LogP contribution >= 0.6 is 0 Å². The Bertz CT molecular complexity index is 1290. The number of hydrogen-bond acceptors (Lipinski definition) is 6. The van der Waals surface area contributed by atoms with E-state index in [1.54, 1.807) is 7.11 Å². The fraction of sp³-hybridized carbons (Fsp3) is 0.296. The number of para-hydroxylation sites is 1. The van der Waals surface area contributed by atoms with Gasteiger partial charge in [-0.15, -0.1) is 0 Å². The van der Waals surface area contributed by atoms with Crippen molar-refractivity contribution in [1.82, 2.24) is 15.1 Å². The van der Waals surface area contributed by atoms with Gasteiger partial charge in [-0.25, -0.2) is 4.98 Å². The van der Waals surface area contributed by atoms with Gasteiger partial charge in [0.1, 0.15) is 5.76 Å². The van der Waals surface area contributed by atoms with Gasteiger partial charge in [0.05, 0.1) is 19.0 Å². The van der Waals surface area contributed by atoms with Gasteiger partial charge in [-0.3, -0.25) is 0 Å². The molecule has 0 unspecified atom stereocenters. The Morgan fingerprint density at radius 2 is 1.79 bits per heavy atom. The van der Waals surface area contributed by atoms with Crippen LogP contribution < -0.4 is 10.1 Å². The molecule has 4 aromatic rings. The fourth-order valence-electron chi connectivity index (χ4n) is 6.00. The number of anilines is 2. The first-order chi connectivity index (χ1) is 16.2. The first-order valence-electron chi connectivity index (χ1n) is 11.5. The molecule has 2 heterocycles. The Kier molecular flexibility index (Phi) is 4.68. The molecule has 1 N–H and O–H groups in total. The molecule has 0 bridgehead atoms. The van der Waals surface area contributed by atoms with Crippen LogP contribution in [0.5, 0.6) is 5.88 Å². The van der Waals surface area contributed by atoms with Crippen molar-refractivity contribution in [3.05, 3.63) is 95.0 Å². The molecule has 2 aromatic carbocycles. The number of aromatic nitrogens is 3. The van der Waals surface area contributed by atoms with Gasteiger partial charge < -0.3 is 14.6 Å². The lowest BCUT2D eigenvalue weighted by Crippen LogP contribution is -2.48. The molecule has 6 nitrogen and oxygen atoms in total. The van der Waals surface area contributed by atoms with E-state index >= 15 is 0 Å². The van der Waals surface area contributed by atoms with Gasteiger partial charge in [-0.1, -0.05) is 60.6 Å². The molecular formula is C27H26N4O2. The third kappa shape index (κ3) is 3.04. The van der Waals surface area contributed by atoms with Crippen LogP contribution in [0.2, 0.25) is 0 Å². The predicted molar refractivity (Wildman–Crippen MR) is 126 cm³/mol. The maximum absolute atomic E-state index is 5.81. The van der Waals surface area contributed by atoms with Crippen LogP contribution in [0, 0.1) is 5.92 Å². The van der Waals surface area contributed by atoms with E-state index < -0.39 is 0 Å². The van der Waals surface area contributed by atoms with Crippen molar-refractivity contribution in [2.24, 2.45) is 5.92 Å². The van der Waals surface area contributed by atoms with Gasteiger partial charge in [0.2, 0.25) is 11.8 Å². The number of rotatable bonds is 4. The van der Waals surface area contributed by atoms with E-state index in [9.17, 15) is 0 Å². The van der Waals surface area contributed by atoms with Crippen molar-refractivity contribution in [2.45, 2.75) is 37.5 Å². The van der Waals surface area contributed by atoms with E-state index in [4.69, 9.17) is 19.2 Å². The molecule has 6 heteroatoms. The van der Waals surface area contributed by atoms with Crippen molar-refractivity contribution in [3.63, 3.8) is 0 Å². The molecule has 3 atom stereocenters. The van der Waals surface area contributed by atoms with Crippen LogP contribution in [-0.2, 0) is 18.3 Å². The number of benzene rings is 2. The monoisotopic (exact) mass is 438 g/mol. The summed E-state index contributed by atoms with van der Waals surface area (Å²) < 4.78 is 11.5. The van der Waals surface area contributed by atoms with Crippen LogP contribution in [0.1, 0.15) is 47.4 Å². The van der Waals surface area contributed by atoms with Crippen LogP contribution in [-0.4, -0.2) is 22.2 Å². The minimum atomic E-state index is -0.309. The lowest BCUT2D eigenvalue weighted by atomic mass is 9.53. The summed E-state index contributed by atoms with van der Waals surface area (Å²) in [4.78, 5) is 9.93. The first-order valence-corrected chi connectivity index (χ1v) is 11.5. The summed E-state index contributed by atoms with van der Waals surface area (Å²) in [5.74, 6) is 2.78. The van der Waals surface area contributed by atoms with E-state index in [-0.39, 0.29) is 11.3 Å². The average Bonchev–Trinajstić information content (AvgIpc) is 3.33. The summed E-state index contributed by atoms with van der Waals surface area (Å²) in [6.07, 6.45) is 4.55. The summed E-state index contributed by atoms with van der Waals surface area (Å²) in [5.41, 5.74) is 5.21. The molecule has 166 valence electrons. The molecule has 2 aliphatic rings. The number of hydrogen-bond donors (Lipinski definition) is 1. The summed E-state index contributed by atoms with van der Waals surface area (Å²) in [5, 5.41) is 7.54. The third-order valence-electron chi connectivity index (χ3n) is 7.40. The second kappa shape index (κ2) is 7.73. The summed E-state index contributed by atoms with van der Waals surface area (Å²) >= 11 is 0. The highest BCUT2D eigenvalue weighted by Gasteiger charge is 2.54. The Morgan fingerprint density at radius 1 is 1.03 bits per heavy atom. The van der Waals surface area contributed by atoms with Crippen molar-refractivity contribution >= 4 is 11.6 Å². The Morgan fingerprint density at radius 3 is 2.55 bits per heavy atom. The van der Waals surface area contributed by atoms with Gasteiger partial charge in [0.15, 0.2) is 0 Å². The first kappa shape index (κ1) is 20.0. The van der Waals surface area contributed by atoms with Crippen LogP contribution in [0.3, 0.4) is 0 Å². The quantitative estimate of drug-likeness (QED) is 0.458. The largest absolute Gasteiger partial charge is 0.481 e. The lowest BCUT2D eigenvalue weighted by molar-refractivity contribution is 0.186. The van der Waals surface area contributed by atoms with Gasteiger partial charge in [0.25, 0.3) is 0 Å². The molecule has 0 fully saturated rings. The highest BCUT2D eigenvalue weighted by Crippen LogP contribution is 2.57. The zero-order valence-electron chi connectivity index (χ0n) is 18.8. The van der Waals surface area contributed by atoms with Gasteiger partial charge in [-0.2, -0.15) is 4.98 Å². The second-order valence-electron chi connectivity index (χ2n) is 9.04. The standard InChI is InChI=1S/C27H26N4O2/c1-17-22-14-13-21-24(30-26(31-25(21)32-2)29-20-11-7-4-8-12-20)27(22,19-9-5-3-6-10-19)15-18-16-28-33-23(17)18/h3-12,16-17,22H,13-15H2,1-2H3,(H,29,30,31)/t17-,22-,27+/m0/s1. The summed E-state index contributed by atoms with van der Waals surface area (Å²) in [6, 6.07) is 20.8. The van der Waals surface area contributed by atoms with E-state index in [2.05, 4.69) is 47.7 Å². The van der Waals surface area contributed by atoms with Crippen molar-refractivity contribution in [3.8, 4) is 5.88 Å². The predicted octanol–water partition coefficient (Wildman–Crippen LogP) is 5.43. The lowest BCUT2D eigenvalue weighted by Gasteiger charge is -2.49. The fourth-order valence-corrected chi connectivity index (χ4v) is 6.00. The molecule has 0 saturated heterocycles. The average molecular weight is 439 g/mol. The van der Waals surface area contributed by atoms with Crippen LogP contribution in [0.15, 0.2) is 71.4 Å². The van der Waals surface area contributed by atoms with Gasteiger partial charge in [-0.05, 0) is 42.9 Å². The minimum Gasteiger partial charge on any atom is -0.481 e. The topological polar surface area (TPSA) is 73.1 Å². The maximum Gasteiger partial charge on any atom is 0.230 e. The SMILES string of the molecule is COc1nc(Nc2ccccc2)nc2c1CC[C@H]1[C@H](C)c3oncc3C[C@]21c1ccccc1. The third-order valence-corrected chi connectivity index (χ3v) is 7.40. The van der Waals surface area contributed by atoms with E-state index in [0.717, 1.165) is 47.5 Å². The zero-order chi connectivity index (χ0) is 22.4. The Hall–Kier alpha value is -3.67. The molecule has 0 aliphatic heterocycles. The van der Waals surface area contributed by atoms with Crippen molar-refractivity contribution in [1.29, 1.82) is 0 Å². The highest BCUT2D eigenvalue weighted by molar-refractivity contribution is 5.57. The zero-order valence-corrected chi connectivity index (χ0v) is 18.8. The van der Waals surface area contributed by atoms with E-state index in [0.29, 0.717) is 17.7 Å². The Balaban J connectivity index is 1.59. The molecule has 6 rings (SSSR count). The van der Waals surface area contributed by atoms with Gasteiger partial charge >= 0.3 is 0 Å². The smallest absolute Gasteiger partial charge is 0.230 e. The van der Waals surface area contributed by atoms with Crippen LogP contribution in [0.25, 0.3) is 0 Å². The summed E-state index contributed by atoms with van der Waals surface area (Å²) in [6.45, 7) is 2.26. The molecule has 2 aromatic heterocycles. The van der Waals surface area contributed by atoms with Gasteiger partial charge in [0, 0.05) is 28.1 Å². The van der Waals surface area contributed by atoms with E-state index in [1.807, 2.05) is 36.5 Å². The minimum absolute atomic E-state index is 0.232. The molecule has 33 heavy (non-hydrogen) atoms. The summed E-state index contributed by atoms with van der Waals surface area (Å²) in [7, 11) is 1.69. The Labute approximate surface area is 193 Å². The molecule has 0 radical (unpaired) electrons. The maximum atomic E-state index is 5.81.